The summed E-state index contributed by atoms with van der Waals surface area (Å²) in [5.74, 6) is 0.636. The summed E-state index contributed by atoms with van der Waals surface area (Å²) in [6.45, 7) is -0.400. The first-order valence-electron chi connectivity index (χ1n) is 7.26. The molecule has 0 bridgehead atoms. The van der Waals surface area contributed by atoms with Gasteiger partial charge in [0.25, 0.3) is 10.1 Å². The van der Waals surface area contributed by atoms with Crippen LogP contribution in [0.15, 0.2) is 64.2 Å². The summed E-state index contributed by atoms with van der Waals surface area (Å²) in [4.78, 5) is 0.0622. The lowest BCUT2D eigenvalue weighted by molar-refractivity contribution is 0.0650. The maximum Gasteiger partial charge on any atom is 0.297 e. The van der Waals surface area contributed by atoms with Gasteiger partial charge in [0.05, 0.1) is 11.5 Å². The van der Waals surface area contributed by atoms with Gasteiger partial charge < -0.3 is 9.84 Å². The van der Waals surface area contributed by atoms with E-state index in [-0.39, 0.29) is 18.1 Å². The Bertz CT molecular complexity index is 904. The molecule has 7 heteroatoms. The first kappa shape index (κ1) is 16.9. The number of rotatable bonds is 7. The van der Waals surface area contributed by atoms with Crippen molar-refractivity contribution in [2.45, 2.75) is 11.0 Å². The molecule has 1 heterocycles. The molecule has 0 saturated heterocycles. The highest BCUT2D eigenvalue weighted by atomic mass is 32.2. The van der Waals surface area contributed by atoms with Gasteiger partial charge in [0.2, 0.25) is 0 Å². The number of fused-ring (bicyclic) bond motifs is 1. The van der Waals surface area contributed by atoms with E-state index in [4.69, 9.17) is 8.92 Å². The predicted molar refractivity (Wildman–Crippen MR) is 92.9 cm³/mol. The summed E-state index contributed by atoms with van der Waals surface area (Å²) >= 11 is 1.47. The Morgan fingerprint density at radius 1 is 1.04 bits per heavy atom. The second-order valence-corrected chi connectivity index (χ2v) is 7.57. The van der Waals surface area contributed by atoms with Crippen LogP contribution in [-0.2, 0) is 14.3 Å². The molecule has 0 aliphatic carbocycles. The highest BCUT2D eigenvalue weighted by Crippen LogP contribution is 2.20. The molecule has 0 aliphatic heterocycles. The van der Waals surface area contributed by atoms with Crippen LogP contribution in [0.3, 0.4) is 0 Å². The quantitative estimate of drug-likeness (QED) is 0.653. The molecule has 1 N–H and O–H groups in total. The van der Waals surface area contributed by atoms with Gasteiger partial charge in [0, 0.05) is 5.38 Å². The van der Waals surface area contributed by atoms with Gasteiger partial charge in [-0.1, -0.05) is 30.3 Å². The zero-order valence-corrected chi connectivity index (χ0v) is 14.3. The van der Waals surface area contributed by atoms with E-state index in [0.29, 0.717) is 5.75 Å². The maximum absolute atomic E-state index is 12.2. The Labute approximate surface area is 144 Å². The molecule has 126 valence electrons. The molecule has 1 atom stereocenters. The van der Waals surface area contributed by atoms with E-state index in [1.807, 2.05) is 29.6 Å². The predicted octanol–water partition coefficient (Wildman–Crippen LogP) is 3.05. The topological polar surface area (TPSA) is 72.8 Å². The first-order valence-corrected chi connectivity index (χ1v) is 9.61. The first-order chi connectivity index (χ1) is 11.5. The number of ether oxygens (including phenoxy) is 1. The van der Waals surface area contributed by atoms with E-state index < -0.39 is 16.2 Å². The number of thiophene rings is 1. The van der Waals surface area contributed by atoms with E-state index in [1.54, 1.807) is 23.6 Å². The van der Waals surface area contributed by atoms with E-state index in [2.05, 4.69) is 0 Å². The lowest BCUT2D eigenvalue weighted by Gasteiger charge is -2.12. The van der Waals surface area contributed by atoms with Gasteiger partial charge in [-0.25, -0.2) is 0 Å². The van der Waals surface area contributed by atoms with Crippen molar-refractivity contribution in [2.75, 3.05) is 13.2 Å². The molecule has 0 saturated carbocycles. The number of hydrogen-bond acceptors (Lipinski definition) is 6. The summed E-state index contributed by atoms with van der Waals surface area (Å²) < 4.78 is 34.7. The zero-order valence-electron chi connectivity index (χ0n) is 12.7. The standard InChI is InChI=1S/C17H16O5S2/c18-15(10-21-16-7-8-23-12-16)11-22-24(19,20)17-6-5-13-3-1-2-4-14(13)9-17/h1-9,12,15,18H,10-11H2/t15-/m1/s1. The van der Waals surface area contributed by atoms with E-state index >= 15 is 0 Å². The van der Waals surface area contributed by atoms with Crippen LogP contribution in [0.4, 0.5) is 0 Å². The molecule has 0 aliphatic rings. The van der Waals surface area contributed by atoms with Crippen LogP contribution in [0.5, 0.6) is 5.75 Å². The van der Waals surface area contributed by atoms with Gasteiger partial charge in [-0.05, 0) is 34.4 Å². The minimum atomic E-state index is -3.93. The lowest BCUT2D eigenvalue weighted by atomic mass is 10.1. The zero-order chi connectivity index (χ0) is 17.0. The van der Waals surface area contributed by atoms with Crippen molar-refractivity contribution in [3.05, 3.63) is 59.3 Å². The summed E-state index contributed by atoms with van der Waals surface area (Å²) in [6.07, 6.45) is -1.04. The summed E-state index contributed by atoms with van der Waals surface area (Å²) in [5.41, 5.74) is 0. The minimum absolute atomic E-state index is 0.0377. The third-order valence-corrected chi connectivity index (χ3v) is 5.30. The van der Waals surface area contributed by atoms with Gasteiger partial charge in [-0.15, -0.1) is 11.3 Å². The van der Waals surface area contributed by atoms with Crippen molar-refractivity contribution in [3.63, 3.8) is 0 Å². The Morgan fingerprint density at radius 2 is 1.83 bits per heavy atom. The third kappa shape index (κ3) is 4.12. The summed E-state index contributed by atoms with van der Waals surface area (Å²) in [7, 11) is -3.93. The molecular formula is C17H16O5S2. The second kappa shape index (κ2) is 7.31. The smallest absolute Gasteiger partial charge is 0.297 e. The van der Waals surface area contributed by atoms with Crippen LogP contribution in [0.2, 0.25) is 0 Å². The number of benzene rings is 2. The van der Waals surface area contributed by atoms with Crippen LogP contribution in [0.25, 0.3) is 10.8 Å². The van der Waals surface area contributed by atoms with Crippen molar-refractivity contribution in [3.8, 4) is 5.75 Å². The average Bonchev–Trinajstić information content (AvgIpc) is 3.11. The van der Waals surface area contributed by atoms with Crippen molar-refractivity contribution in [1.82, 2.24) is 0 Å². The van der Waals surface area contributed by atoms with E-state index in [0.717, 1.165) is 10.8 Å². The third-order valence-electron chi connectivity index (χ3n) is 3.36. The Kier molecular flexibility index (Phi) is 5.15. The molecule has 3 aromatic rings. The average molecular weight is 364 g/mol. The van der Waals surface area contributed by atoms with Crippen LogP contribution in [0.1, 0.15) is 0 Å². The van der Waals surface area contributed by atoms with Gasteiger partial charge in [-0.3, -0.25) is 4.18 Å². The fourth-order valence-corrected chi connectivity index (χ4v) is 3.68. The van der Waals surface area contributed by atoms with Crippen molar-refractivity contribution in [2.24, 2.45) is 0 Å². The Morgan fingerprint density at radius 3 is 2.58 bits per heavy atom. The fraction of sp³-hybridized carbons (Fsp3) is 0.176. The minimum Gasteiger partial charge on any atom is -0.490 e. The summed E-state index contributed by atoms with van der Waals surface area (Å²) in [5, 5.41) is 15.2. The van der Waals surface area contributed by atoms with Crippen LogP contribution >= 0.6 is 11.3 Å². The van der Waals surface area contributed by atoms with Gasteiger partial charge >= 0.3 is 0 Å². The number of aliphatic hydroxyl groups excluding tert-OH is 1. The summed E-state index contributed by atoms with van der Waals surface area (Å²) in [6, 6.07) is 14.0. The van der Waals surface area contributed by atoms with Gasteiger partial charge in [0.15, 0.2) is 0 Å². The van der Waals surface area contributed by atoms with Crippen molar-refractivity contribution in [1.29, 1.82) is 0 Å². The molecule has 0 spiro atoms. The highest BCUT2D eigenvalue weighted by molar-refractivity contribution is 7.86. The highest BCUT2D eigenvalue weighted by Gasteiger charge is 2.18. The molecule has 0 radical (unpaired) electrons. The van der Waals surface area contributed by atoms with Crippen molar-refractivity contribution < 1.29 is 22.4 Å². The molecule has 0 amide bonds. The molecule has 24 heavy (non-hydrogen) atoms. The van der Waals surface area contributed by atoms with E-state index in [9.17, 15) is 13.5 Å². The SMILES string of the molecule is O=S(=O)(OC[C@H](O)COc1ccsc1)c1ccc2ccccc2c1. The second-order valence-electron chi connectivity index (χ2n) is 5.17. The molecule has 0 unspecified atom stereocenters. The number of hydrogen-bond donors (Lipinski definition) is 1. The molecule has 0 fully saturated rings. The molecule has 1 aromatic heterocycles. The largest absolute Gasteiger partial charge is 0.490 e. The maximum atomic E-state index is 12.2. The Hall–Kier alpha value is -1.93. The fourth-order valence-electron chi connectivity index (χ4n) is 2.13. The van der Waals surface area contributed by atoms with Crippen molar-refractivity contribution >= 4 is 32.2 Å². The Balaban J connectivity index is 1.62. The number of aliphatic hydroxyl groups is 1. The van der Waals surface area contributed by atoms with Gasteiger partial charge in [-0.2, -0.15) is 8.42 Å². The molecule has 5 nitrogen and oxygen atoms in total. The monoisotopic (exact) mass is 364 g/mol. The van der Waals surface area contributed by atoms with Crippen LogP contribution < -0.4 is 4.74 Å². The normalized spacial score (nSPS) is 13.0. The van der Waals surface area contributed by atoms with Gasteiger partial charge in [0.1, 0.15) is 18.5 Å². The van der Waals surface area contributed by atoms with Crippen LogP contribution in [-0.4, -0.2) is 32.8 Å². The molecule has 3 rings (SSSR count). The lowest BCUT2D eigenvalue weighted by Crippen LogP contribution is -2.25. The molecular weight excluding hydrogens is 348 g/mol. The van der Waals surface area contributed by atoms with Crippen LogP contribution in [0, 0.1) is 0 Å². The van der Waals surface area contributed by atoms with E-state index in [1.165, 1.54) is 17.4 Å². The molecule has 2 aromatic carbocycles.